The van der Waals surface area contributed by atoms with Crippen molar-refractivity contribution in [1.29, 1.82) is 5.26 Å². The van der Waals surface area contributed by atoms with Crippen LogP contribution in [-0.4, -0.2) is 27.4 Å². The molecular weight excluding hydrogens is 400 g/mol. The number of hydrogen-bond acceptors (Lipinski definition) is 6. The molecule has 1 unspecified atom stereocenters. The summed E-state index contributed by atoms with van der Waals surface area (Å²) in [5.41, 5.74) is 1.27. The lowest BCUT2D eigenvalue weighted by Gasteiger charge is -2.63. The highest BCUT2D eigenvalue weighted by atomic mass is 35.5. The van der Waals surface area contributed by atoms with Crippen molar-refractivity contribution in [3.05, 3.63) is 52.3 Å². The van der Waals surface area contributed by atoms with Crippen molar-refractivity contribution in [1.82, 2.24) is 15.5 Å². The minimum atomic E-state index is -0.924. The fourth-order valence-electron chi connectivity index (χ4n) is 4.70. The van der Waals surface area contributed by atoms with Gasteiger partial charge in [-0.2, -0.15) is 15.5 Å². The molecular formula is C23H29ClN4O2. The molecule has 1 aliphatic carbocycles. The molecule has 0 radical (unpaired) electrons. The summed E-state index contributed by atoms with van der Waals surface area (Å²) < 4.78 is 6.28. The maximum absolute atomic E-state index is 10.7. The van der Waals surface area contributed by atoms with Crippen molar-refractivity contribution in [2.75, 3.05) is 0 Å². The minimum absolute atomic E-state index is 0.0228. The Hall–Kier alpha value is -2.20. The zero-order valence-corrected chi connectivity index (χ0v) is 19.0. The van der Waals surface area contributed by atoms with E-state index in [1.54, 1.807) is 18.2 Å². The zero-order valence-electron chi connectivity index (χ0n) is 18.3. The SMILES string of the molecule is CC(C)c1ccc(C(O)N[C@H]2C(C)(C)[C@H](Oc3ccc(C#N)c(Cl)c3)C2(C)C)nn1. The van der Waals surface area contributed by atoms with Crippen LogP contribution in [0.1, 0.15) is 70.6 Å². The molecule has 0 saturated heterocycles. The van der Waals surface area contributed by atoms with Gasteiger partial charge < -0.3 is 9.84 Å². The summed E-state index contributed by atoms with van der Waals surface area (Å²) >= 11 is 6.15. The molecule has 30 heavy (non-hydrogen) atoms. The van der Waals surface area contributed by atoms with E-state index in [1.807, 2.05) is 12.1 Å². The second-order valence-electron chi connectivity index (χ2n) is 9.43. The number of nitrogens with zero attached hydrogens (tertiary/aromatic N) is 3. The number of rotatable bonds is 6. The maximum Gasteiger partial charge on any atom is 0.150 e. The van der Waals surface area contributed by atoms with E-state index in [9.17, 15) is 5.11 Å². The van der Waals surface area contributed by atoms with Crippen molar-refractivity contribution < 1.29 is 9.84 Å². The molecule has 0 bridgehead atoms. The van der Waals surface area contributed by atoms with Crippen molar-refractivity contribution in [3.8, 4) is 11.8 Å². The van der Waals surface area contributed by atoms with Gasteiger partial charge in [-0.15, -0.1) is 0 Å². The lowest BCUT2D eigenvalue weighted by Crippen LogP contribution is -2.74. The summed E-state index contributed by atoms with van der Waals surface area (Å²) in [6.45, 7) is 12.5. The first-order chi connectivity index (χ1) is 14.0. The van der Waals surface area contributed by atoms with Gasteiger partial charge in [-0.3, -0.25) is 5.32 Å². The molecule has 7 heteroatoms. The number of nitriles is 1. The minimum Gasteiger partial charge on any atom is -0.489 e. The summed E-state index contributed by atoms with van der Waals surface area (Å²) in [4.78, 5) is 0. The molecule has 1 fully saturated rings. The molecule has 1 aromatic carbocycles. The molecule has 2 N–H and O–H groups in total. The van der Waals surface area contributed by atoms with Crippen LogP contribution in [0.15, 0.2) is 30.3 Å². The Kier molecular flexibility index (Phi) is 6.10. The Labute approximate surface area is 183 Å². The number of benzene rings is 1. The van der Waals surface area contributed by atoms with Crippen LogP contribution in [0.3, 0.4) is 0 Å². The van der Waals surface area contributed by atoms with E-state index in [2.05, 4.69) is 63.1 Å². The van der Waals surface area contributed by atoms with Crippen LogP contribution in [-0.2, 0) is 0 Å². The van der Waals surface area contributed by atoms with Gasteiger partial charge in [-0.1, -0.05) is 53.1 Å². The molecule has 1 atom stereocenters. The summed E-state index contributed by atoms with van der Waals surface area (Å²) in [6, 6.07) is 10.8. The third-order valence-electron chi connectivity index (χ3n) is 6.06. The highest BCUT2D eigenvalue weighted by molar-refractivity contribution is 6.31. The number of aromatic nitrogens is 2. The monoisotopic (exact) mass is 428 g/mol. The fraction of sp³-hybridized carbons (Fsp3) is 0.522. The second kappa shape index (κ2) is 8.14. The van der Waals surface area contributed by atoms with Crippen molar-refractivity contribution in [2.45, 2.75) is 65.8 Å². The molecule has 6 nitrogen and oxygen atoms in total. The Balaban J connectivity index is 1.73. The number of nitrogens with one attached hydrogen (secondary N) is 1. The molecule has 2 aromatic rings. The highest BCUT2D eigenvalue weighted by Gasteiger charge is 2.63. The summed E-state index contributed by atoms with van der Waals surface area (Å²) in [7, 11) is 0. The maximum atomic E-state index is 10.7. The molecule has 1 saturated carbocycles. The number of aliphatic hydroxyl groups is 1. The summed E-state index contributed by atoms with van der Waals surface area (Å²) in [5.74, 6) is 0.911. The van der Waals surface area contributed by atoms with E-state index < -0.39 is 6.23 Å². The molecule has 0 aliphatic heterocycles. The van der Waals surface area contributed by atoms with Gasteiger partial charge in [0.25, 0.3) is 0 Å². The first-order valence-corrected chi connectivity index (χ1v) is 10.5. The topological polar surface area (TPSA) is 91.1 Å². The number of hydrogen-bond donors (Lipinski definition) is 2. The first kappa shape index (κ1) is 22.5. The third kappa shape index (κ3) is 4.02. The van der Waals surface area contributed by atoms with Crippen LogP contribution < -0.4 is 10.1 Å². The van der Waals surface area contributed by atoms with Gasteiger partial charge >= 0.3 is 0 Å². The second-order valence-corrected chi connectivity index (χ2v) is 9.84. The van der Waals surface area contributed by atoms with Crippen molar-refractivity contribution >= 4 is 11.6 Å². The van der Waals surface area contributed by atoms with Crippen molar-refractivity contribution in [3.63, 3.8) is 0 Å². The average molecular weight is 429 g/mol. The zero-order chi connectivity index (χ0) is 22.3. The van der Waals surface area contributed by atoms with Crippen molar-refractivity contribution in [2.24, 2.45) is 10.8 Å². The number of ether oxygens (including phenoxy) is 1. The molecule has 1 heterocycles. The van der Waals surface area contributed by atoms with Gasteiger partial charge in [-0.25, -0.2) is 0 Å². The van der Waals surface area contributed by atoms with Gasteiger partial charge in [0.2, 0.25) is 0 Å². The van der Waals surface area contributed by atoms with Gasteiger partial charge in [0.1, 0.15) is 29.8 Å². The van der Waals surface area contributed by atoms with Gasteiger partial charge in [0, 0.05) is 22.9 Å². The third-order valence-corrected chi connectivity index (χ3v) is 6.37. The van der Waals surface area contributed by atoms with Crippen LogP contribution in [0.2, 0.25) is 5.02 Å². The molecule has 160 valence electrons. The quantitative estimate of drug-likeness (QED) is 0.654. The molecule has 3 rings (SSSR count). The Morgan fingerprint density at radius 2 is 1.70 bits per heavy atom. The van der Waals surface area contributed by atoms with E-state index in [0.717, 1.165) is 5.69 Å². The van der Waals surface area contributed by atoms with Crippen LogP contribution in [0, 0.1) is 22.2 Å². The molecule has 1 aromatic heterocycles. The first-order valence-electron chi connectivity index (χ1n) is 10.1. The fourth-order valence-corrected chi connectivity index (χ4v) is 4.92. The molecule has 0 spiro atoms. The Morgan fingerprint density at radius 1 is 1.10 bits per heavy atom. The van der Waals surface area contributed by atoms with Crippen LogP contribution in [0.4, 0.5) is 0 Å². The van der Waals surface area contributed by atoms with Crippen LogP contribution >= 0.6 is 11.6 Å². The van der Waals surface area contributed by atoms with Gasteiger partial charge in [0.15, 0.2) is 0 Å². The lowest BCUT2D eigenvalue weighted by molar-refractivity contribution is -0.180. The average Bonchev–Trinajstić information content (AvgIpc) is 2.69. The van der Waals surface area contributed by atoms with Gasteiger partial charge in [0.05, 0.1) is 16.3 Å². The summed E-state index contributed by atoms with van der Waals surface area (Å²) in [6.07, 6.45) is -1.04. The van der Waals surface area contributed by atoms with E-state index in [4.69, 9.17) is 21.6 Å². The predicted molar refractivity (Wildman–Crippen MR) is 116 cm³/mol. The van der Waals surface area contributed by atoms with E-state index in [-0.39, 0.29) is 28.9 Å². The standard InChI is InChI=1S/C23H29ClN4O2/c1-13(2)17-9-10-18(28-27-17)19(29)26-20-22(3,4)21(23(20,5)6)30-15-8-7-14(12-25)16(24)11-15/h7-11,13,19-21,26,29H,1-6H3/t19?,20-,21-. The Bertz CT molecular complexity index is 935. The lowest BCUT2D eigenvalue weighted by atomic mass is 9.49. The Morgan fingerprint density at radius 3 is 2.20 bits per heavy atom. The number of aliphatic hydroxyl groups excluding tert-OH is 1. The van der Waals surface area contributed by atoms with Crippen LogP contribution in [0.25, 0.3) is 0 Å². The summed E-state index contributed by atoms with van der Waals surface area (Å²) in [5, 5.41) is 31.8. The smallest absolute Gasteiger partial charge is 0.150 e. The number of halogens is 1. The van der Waals surface area contributed by atoms with Crippen LogP contribution in [0.5, 0.6) is 5.75 Å². The van der Waals surface area contributed by atoms with E-state index in [1.165, 1.54) is 0 Å². The largest absolute Gasteiger partial charge is 0.489 e. The molecule has 0 amide bonds. The van der Waals surface area contributed by atoms with Gasteiger partial charge in [-0.05, 0) is 30.2 Å². The van der Waals surface area contributed by atoms with E-state index in [0.29, 0.717) is 22.0 Å². The predicted octanol–water partition coefficient (Wildman–Crippen LogP) is 4.59. The van der Waals surface area contributed by atoms with E-state index >= 15 is 0 Å². The normalized spacial score (nSPS) is 22.8. The molecule has 1 aliphatic rings. The highest BCUT2D eigenvalue weighted by Crippen LogP contribution is 2.56.